The van der Waals surface area contributed by atoms with Crippen LogP contribution < -0.4 is 39.0 Å². The molecule has 426 valence electrons. The Morgan fingerprint density at radius 3 is 1.18 bits per heavy atom. The third-order valence-electron chi connectivity index (χ3n) is 10.7. The molecule has 6 aromatic heterocycles. The molecular formula is C50H30F17N8NaO6. The normalized spacial score (nSPS) is 12.3. The van der Waals surface area contributed by atoms with Crippen LogP contribution in [0.5, 0.6) is 11.5 Å². The van der Waals surface area contributed by atoms with Gasteiger partial charge in [-0.25, -0.2) is 9.97 Å². The van der Waals surface area contributed by atoms with Crippen LogP contribution in [0, 0.1) is 0 Å². The molecule has 0 aliphatic rings. The molecule has 0 unspecified atom stereocenters. The van der Waals surface area contributed by atoms with Crippen molar-refractivity contribution in [1.29, 1.82) is 0 Å². The molecule has 0 atom stereocenters. The number of alkyl halides is 17. The molecule has 0 spiro atoms. The number of halogens is 17. The van der Waals surface area contributed by atoms with Crippen LogP contribution in [0.4, 0.5) is 74.6 Å². The van der Waals surface area contributed by atoms with E-state index in [1.807, 2.05) is 0 Å². The molecule has 0 fully saturated rings. The number of fused-ring (bicyclic) bond motifs is 2. The molecule has 0 bridgehead atoms. The molecule has 0 saturated heterocycles. The molecule has 32 heteroatoms. The smallest absolute Gasteiger partial charge is 1.00 e. The first-order chi connectivity index (χ1) is 38.0. The Morgan fingerprint density at radius 2 is 0.805 bits per heavy atom. The summed E-state index contributed by atoms with van der Waals surface area (Å²) in [7, 11) is 0. The first-order valence-corrected chi connectivity index (χ1v) is 22.3. The number of ether oxygens (including phenoxy) is 3. The molecule has 10 rings (SSSR count). The van der Waals surface area contributed by atoms with Crippen molar-refractivity contribution in [3.8, 4) is 56.7 Å². The van der Waals surface area contributed by atoms with Gasteiger partial charge in [-0.2, -0.15) is 48.3 Å². The number of benzene rings is 4. The number of aromatic nitrogens is 8. The predicted octanol–water partition coefficient (Wildman–Crippen LogP) is 11.5. The number of hydrogen-bond donors (Lipinski definition) is 1. The van der Waals surface area contributed by atoms with E-state index < -0.39 is 103 Å². The third-order valence-corrected chi connectivity index (χ3v) is 10.7. The summed E-state index contributed by atoms with van der Waals surface area (Å²) in [6.45, 7) is -2.10. The summed E-state index contributed by atoms with van der Waals surface area (Å²) in [5, 5.41) is 22.4. The summed E-state index contributed by atoms with van der Waals surface area (Å²) in [5.41, 5.74) is 0.554. The number of rotatable bonds is 11. The maximum Gasteiger partial charge on any atom is 1.00 e. The fraction of sp³-hybridized carbons (Fsp3) is 0.160. The molecule has 14 nitrogen and oxygen atoms in total. The maximum atomic E-state index is 15.1. The van der Waals surface area contributed by atoms with Crippen LogP contribution in [-0.4, -0.2) is 57.0 Å². The number of oxazole rings is 2. The Labute approximate surface area is 470 Å². The van der Waals surface area contributed by atoms with Gasteiger partial charge in [-0.15, -0.1) is 46.7 Å². The minimum atomic E-state index is -5.04. The van der Waals surface area contributed by atoms with E-state index in [0.717, 1.165) is 39.3 Å². The molecule has 82 heavy (non-hydrogen) atoms. The molecular weight excluding hydrogens is 1150 g/mol. The van der Waals surface area contributed by atoms with Crippen LogP contribution in [0.3, 0.4) is 0 Å². The van der Waals surface area contributed by atoms with Crippen molar-refractivity contribution in [2.24, 2.45) is 0 Å². The number of aliphatic hydroxyl groups is 1. The molecule has 6 heterocycles. The quantitative estimate of drug-likeness (QED) is 0.0966. The monoisotopic (exact) mass is 1180 g/mol. The fourth-order valence-corrected chi connectivity index (χ4v) is 7.20. The van der Waals surface area contributed by atoms with Crippen molar-refractivity contribution >= 4 is 11.3 Å². The SMILES string of the molecule is FC(F)(F)Oc1ccc(-c2ccc3nnc(C(F)(F)F)n3c2)cc1.FC(F)(F)Oc1ccc(-c2ccc3nnc(C(F)(F)OCc4nc(-c5ccccc5)oc4C(F)(F)F)n3c2)cc1.OCc1nc(-c2ccccc2)oc1C(F)(F)F.[H-].[Na+]. The number of hydrogen-bond acceptors (Lipinski definition) is 12. The van der Waals surface area contributed by atoms with Gasteiger partial charge in [0.25, 0.3) is 0 Å². The molecule has 1 N–H and O–H groups in total. The molecule has 0 aliphatic carbocycles. The van der Waals surface area contributed by atoms with E-state index in [2.05, 4.69) is 49.0 Å². The number of nitrogens with zero attached hydrogens (tertiary/aromatic N) is 8. The van der Waals surface area contributed by atoms with Crippen molar-refractivity contribution in [2.75, 3.05) is 0 Å². The maximum absolute atomic E-state index is 15.1. The molecule has 0 saturated carbocycles. The molecule has 4 aromatic carbocycles. The average molecular weight is 1180 g/mol. The van der Waals surface area contributed by atoms with E-state index in [-0.39, 0.29) is 59.3 Å². The molecule has 0 radical (unpaired) electrons. The van der Waals surface area contributed by atoms with Crippen molar-refractivity contribution in [3.63, 3.8) is 0 Å². The Hall–Kier alpha value is -8.13. The second-order valence-electron chi connectivity index (χ2n) is 16.3. The van der Waals surface area contributed by atoms with Gasteiger partial charge < -0.3 is 29.6 Å². The van der Waals surface area contributed by atoms with Gasteiger partial charge >= 0.3 is 66.9 Å². The second kappa shape index (κ2) is 24.1. The minimum absolute atomic E-state index is 0. The Morgan fingerprint density at radius 1 is 0.427 bits per heavy atom. The summed E-state index contributed by atoms with van der Waals surface area (Å²) in [6, 6.07) is 30.7. The Kier molecular flexibility index (Phi) is 18.1. The van der Waals surface area contributed by atoms with Crippen LogP contribution in [0.2, 0.25) is 0 Å². The van der Waals surface area contributed by atoms with Crippen LogP contribution in [-0.2, 0) is 42.6 Å². The summed E-state index contributed by atoms with van der Waals surface area (Å²) in [6.07, 6.45) is -26.0. The molecule has 10 aromatic rings. The van der Waals surface area contributed by atoms with Gasteiger partial charge in [0.2, 0.25) is 35.0 Å². The van der Waals surface area contributed by atoms with Gasteiger partial charge in [0.1, 0.15) is 22.9 Å². The Balaban J connectivity index is 0.000000218. The van der Waals surface area contributed by atoms with Gasteiger partial charge in [-0.1, -0.05) is 60.7 Å². The van der Waals surface area contributed by atoms with Gasteiger partial charge in [0, 0.05) is 23.5 Å². The number of pyridine rings is 2. The summed E-state index contributed by atoms with van der Waals surface area (Å²) < 4.78 is 244. The topological polar surface area (TPSA) is 160 Å². The molecule has 0 aliphatic heterocycles. The average Bonchev–Trinajstić information content (AvgIpc) is 4.46. The van der Waals surface area contributed by atoms with Gasteiger partial charge in [0.15, 0.2) is 11.3 Å². The first kappa shape index (κ1) is 61.5. The predicted molar refractivity (Wildman–Crippen MR) is 245 cm³/mol. The zero-order chi connectivity index (χ0) is 58.7. The van der Waals surface area contributed by atoms with Crippen molar-refractivity contribution in [1.82, 2.24) is 39.2 Å². The summed E-state index contributed by atoms with van der Waals surface area (Å²) in [4.78, 5) is 7.34. The van der Waals surface area contributed by atoms with E-state index in [1.54, 1.807) is 36.4 Å². The summed E-state index contributed by atoms with van der Waals surface area (Å²) >= 11 is 0. The summed E-state index contributed by atoms with van der Waals surface area (Å²) in [5.74, 6) is -6.57. The second-order valence-corrected chi connectivity index (χ2v) is 16.3. The fourth-order valence-electron chi connectivity index (χ4n) is 7.20. The van der Waals surface area contributed by atoms with Crippen LogP contribution in [0.25, 0.3) is 56.5 Å². The number of aliphatic hydroxyl groups excluding tert-OH is 1. The van der Waals surface area contributed by atoms with E-state index in [1.165, 1.54) is 79.0 Å². The van der Waals surface area contributed by atoms with Crippen molar-refractivity contribution in [3.05, 3.63) is 180 Å². The van der Waals surface area contributed by atoms with E-state index in [0.29, 0.717) is 22.3 Å². The van der Waals surface area contributed by atoms with Crippen LogP contribution in [0.15, 0.2) is 155 Å². The third kappa shape index (κ3) is 15.2. The standard InChI is InChI=1S/C25H14F8N4O3.C14H7F6N3O.C11H8F3NO2.Na.H/c26-23(27,28)20-18(34-21(39-20)15-4-2-1-3-5-15)13-38-24(29,30)22-36-35-19-11-8-16(12-37(19)22)14-6-9-17(10-7-14)40-25(31,32)33;15-13(16,17)12-22-21-11-6-3-9(7-23(11)12)8-1-4-10(5-2-8)24-14(18,19)20;12-11(13,14)9-8(6-16)15-10(17-9)7-4-2-1-3-5-7;;/h1-12H,13H2;1-7H;1-5,16H,6H2;;/q;;;+1;-1. The largest absolute Gasteiger partial charge is 1.00 e. The van der Waals surface area contributed by atoms with Gasteiger partial charge in [-0.3, -0.25) is 8.80 Å². The molecule has 0 amide bonds. The van der Waals surface area contributed by atoms with E-state index in [9.17, 15) is 65.9 Å². The van der Waals surface area contributed by atoms with Gasteiger partial charge in [0.05, 0.1) is 13.2 Å². The Bertz CT molecular complexity index is 3740. The van der Waals surface area contributed by atoms with Crippen molar-refractivity contribution < 1.29 is 134 Å². The van der Waals surface area contributed by atoms with E-state index in [4.69, 9.17) is 9.52 Å². The zero-order valence-corrected chi connectivity index (χ0v) is 42.8. The minimum Gasteiger partial charge on any atom is -1.00 e. The van der Waals surface area contributed by atoms with E-state index >= 15 is 8.78 Å². The first-order valence-electron chi connectivity index (χ1n) is 22.3. The van der Waals surface area contributed by atoms with Crippen LogP contribution in [0.1, 0.15) is 36.0 Å². The van der Waals surface area contributed by atoms with Crippen LogP contribution >= 0.6 is 0 Å². The van der Waals surface area contributed by atoms with Gasteiger partial charge in [-0.05, 0) is 95.1 Å². The zero-order valence-electron chi connectivity index (χ0n) is 41.8. The van der Waals surface area contributed by atoms with Crippen molar-refractivity contribution in [2.45, 2.75) is 50.6 Å².